The predicted octanol–water partition coefficient (Wildman–Crippen LogP) is 1.75. The minimum Gasteiger partial charge on any atom is -0.370 e. The molecule has 86 valence electrons. The average molecular weight is 223 g/mol. The molecule has 0 bridgehead atoms. The number of morpholine rings is 1. The van der Waals surface area contributed by atoms with Crippen molar-refractivity contribution in [2.75, 3.05) is 19.7 Å². The van der Waals surface area contributed by atoms with Gasteiger partial charge >= 0.3 is 0 Å². The normalized spacial score (nSPS) is 20.9. The number of amides is 1. The van der Waals surface area contributed by atoms with Crippen LogP contribution in [0.3, 0.4) is 0 Å². The third kappa shape index (κ3) is 2.22. The van der Waals surface area contributed by atoms with E-state index in [1.54, 1.807) is 23.1 Å². The number of carbonyl (C=O) groups is 1. The van der Waals surface area contributed by atoms with E-state index < -0.39 is 0 Å². The topological polar surface area (TPSA) is 29.5 Å². The summed E-state index contributed by atoms with van der Waals surface area (Å²) in [5.41, 5.74) is 0.522. The lowest BCUT2D eigenvalue weighted by molar-refractivity contribution is -0.136. The highest BCUT2D eigenvalue weighted by Crippen LogP contribution is 2.24. The van der Waals surface area contributed by atoms with Crippen molar-refractivity contribution in [2.24, 2.45) is 0 Å². The van der Waals surface area contributed by atoms with Crippen LogP contribution in [0.25, 0.3) is 0 Å². The van der Waals surface area contributed by atoms with Gasteiger partial charge in [-0.1, -0.05) is 18.2 Å². The maximum atomic E-state index is 13.5. The molecule has 1 aliphatic heterocycles. The third-order valence-corrected chi connectivity index (χ3v) is 2.76. The molecule has 4 heteroatoms. The molecule has 0 aromatic heterocycles. The second-order valence-corrected chi connectivity index (χ2v) is 3.85. The molecule has 1 amide bonds. The molecule has 0 radical (unpaired) electrons. The van der Waals surface area contributed by atoms with Gasteiger partial charge in [0.1, 0.15) is 11.9 Å². The summed E-state index contributed by atoms with van der Waals surface area (Å²) in [6.45, 7) is 2.98. The molecule has 16 heavy (non-hydrogen) atoms. The van der Waals surface area contributed by atoms with Crippen LogP contribution in [-0.2, 0) is 9.53 Å². The van der Waals surface area contributed by atoms with Crippen LogP contribution < -0.4 is 0 Å². The predicted molar refractivity (Wildman–Crippen MR) is 57.3 cm³/mol. The Kier molecular flexibility index (Phi) is 3.19. The van der Waals surface area contributed by atoms with Crippen molar-refractivity contribution in [1.82, 2.24) is 4.90 Å². The number of halogens is 1. The Hall–Kier alpha value is -1.42. The van der Waals surface area contributed by atoms with Crippen LogP contribution >= 0.6 is 0 Å². The monoisotopic (exact) mass is 223 g/mol. The molecule has 1 atom stereocenters. The lowest BCUT2D eigenvalue weighted by Crippen LogP contribution is -2.41. The number of nitrogens with zero attached hydrogens (tertiary/aromatic N) is 1. The number of hydrogen-bond donors (Lipinski definition) is 0. The minimum absolute atomic E-state index is 0.00430. The van der Waals surface area contributed by atoms with Crippen molar-refractivity contribution in [3.8, 4) is 0 Å². The van der Waals surface area contributed by atoms with Gasteiger partial charge in [0, 0.05) is 19.0 Å². The van der Waals surface area contributed by atoms with Crippen molar-refractivity contribution in [1.29, 1.82) is 0 Å². The molecule has 0 saturated carbocycles. The molecule has 0 spiro atoms. The third-order valence-electron chi connectivity index (χ3n) is 2.76. The standard InChI is InChI=1S/C12H14FNO2/c1-9(15)14-6-7-16-12(8-14)10-4-2-3-5-11(10)13/h2-5,12H,6-8H2,1H3. The summed E-state index contributed by atoms with van der Waals surface area (Å²) in [6, 6.07) is 6.52. The van der Waals surface area contributed by atoms with E-state index in [-0.39, 0.29) is 17.8 Å². The van der Waals surface area contributed by atoms with Gasteiger partial charge in [0.05, 0.1) is 13.2 Å². The fraction of sp³-hybridized carbons (Fsp3) is 0.417. The number of benzene rings is 1. The molecule has 3 nitrogen and oxygen atoms in total. The summed E-state index contributed by atoms with van der Waals surface area (Å²) in [5.74, 6) is -0.275. The summed E-state index contributed by atoms with van der Waals surface area (Å²) >= 11 is 0. The molecule has 1 saturated heterocycles. The first kappa shape index (κ1) is 11.1. The van der Waals surface area contributed by atoms with Crippen molar-refractivity contribution >= 4 is 5.91 Å². The lowest BCUT2D eigenvalue weighted by Gasteiger charge is -2.32. The van der Waals surface area contributed by atoms with Gasteiger partial charge in [-0.05, 0) is 6.07 Å². The zero-order chi connectivity index (χ0) is 11.5. The molecule has 0 N–H and O–H groups in total. The first-order valence-electron chi connectivity index (χ1n) is 5.30. The quantitative estimate of drug-likeness (QED) is 0.725. The second kappa shape index (κ2) is 4.61. The number of carbonyl (C=O) groups excluding carboxylic acids is 1. The molecule has 1 heterocycles. The largest absolute Gasteiger partial charge is 0.370 e. The fourth-order valence-electron chi connectivity index (χ4n) is 1.86. The van der Waals surface area contributed by atoms with Gasteiger partial charge in [0.15, 0.2) is 0 Å². The summed E-state index contributed by atoms with van der Waals surface area (Å²) in [5, 5.41) is 0. The summed E-state index contributed by atoms with van der Waals surface area (Å²) in [4.78, 5) is 12.9. The SMILES string of the molecule is CC(=O)N1CCOC(c2ccccc2F)C1. The van der Waals surface area contributed by atoms with Gasteiger partial charge in [-0.3, -0.25) is 4.79 Å². The van der Waals surface area contributed by atoms with Crippen molar-refractivity contribution in [2.45, 2.75) is 13.0 Å². The molecule has 1 aliphatic rings. The maximum absolute atomic E-state index is 13.5. The Morgan fingerprint density at radius 3 is 2.94 bits per heavy atom. The molecular formula is C12H14FNO2. The zero-order valence-corrected chi connectivity index (χ0v) is 9.15. The number of ether oxygens (including phenoxy) is 1. The van der Waals surface area contributed by atoms with E-state index in [9.17, 15) is 9.18 Å². The summed E-state index contributed by atoms with van der Waals surface area (Å²) < 4.78 is 19.0. The van der Waals surface area contributed by atoms with Crippen LogP contribution in [0.2, 0.25) is 0 Å². The molecule has 0 aliphatic carbocycles. The van der Waals surface area contributed by atoms with E-state index in [0.29, 0.717) is 25.3 Å². The molecule has 1 aromatic rings. The Labute approximate surface area is 93.8 Å². The number of hydrogen-bond acceptors (Lipinski definition) is 2. The van der Waals surface area contributed by atoms with Gasteiger partial charge in [0.25, 0.3) is 0 Å². The lowest BCUT2D eigenvalue weighted by atomic mass is 10.1. The zero-order valence-electron chi connectivity index (χ0n) is 9.15. The van der Waals surface area contributed by atoms with Crippen LogP contribution in [0.1, 0.15) is 18.6 Å². The highest BCUT2D eigenvalue weighted by Gasteiger charge is 2.25. The highest BCUT2D eigenvalue weighted by molar-refractivity contribution is 5.73. The first-order chi connectivity index (χ1) is 7.68. The highest BCUT2D eigenvalue weighted by atomic mass is 19.1. The Bertz CT molecular complexity index is 394. The van der Waals surface area contributed by atoms with Crippen LogP contribution in [0.4, 0.5) is 4.39 Å². The first-order valence-corrected chi connectivity index (χ1v) is 5.30. The van der Waals surface area contributed by atoms with Crippen LogP contribution in [0, 0.1) is 5.82 Å². The van der Waals surface area contributed by atoms with E-state index in [0.717, 1.165) is 0 Å². The van der Waals surface area contributed by atoms with Crippen molar-refractivity contribution in [3.63, 3.8) is 0 Å². The van der Waals surface area contributed by atoms with Gasteiger partial charge < -0.3 is 9.64 Å². The molecule has 2 rings (SSSR count). The maximum Gasteiger partial charge on any atom is 0.219 e. The summed E-state index contributed by atoms with van der Waals surface area (Å²) in [7, 11) is 0. The fourth-order valence-corrected chi connectivity index (χ4v) is 1.86. The minimum atomic E-state index is -0.348. The van der Waals surface area contributed by atoms with E-state index in [1.807, 2.05) is 0 Å². The van der Waals surface area contributed by atoms with Crippen LogP contribution in [0.15, 0.2) is 24.3 Å². The Balaban J connectivity index is 2.16. The van der Waals surface area contributed by atoms with E-state index in [4.69, 9.17) is 4.74 Å². The van der Waals surface area contributed by atoms with Crippen LogP contribution in [0.5, 0.6) is 0 Å². The Morgan fingerprint density at radius 2 is 2.25 bits per heavy atom. The smallest absolute Gasteiger partial charge is 0.219 e. The summed E-state index contributed by atoms with van der Waals surface area (Å²) in [6.07, 6.45) is -0.348. The molecule has 1 fully saturated rings. The molecule has 1 aromatic carbocycles. The van der Waals surface area contributed by atoms with Crippen molar-refractivity contribution in [3.05, 3.63) is 35.6 Å². The second-order valence-electron chi connectivity index (χ2n) is 3.85. The Morgan fingerprint density at radius 1 is 1.50 bits per heavy atom. The van der Waals surface area contributed by atoms with Crippen molar-refractivity contribution < 1.29 is 13.9 Å². The molecule has 1 unspecified atom stereocenters. The van der Waals surface area contributed by atoms with E-state index in [1.165, 1.54) is 13.0 Å². The van der Waals surface area contributed by atoms with Gasteiger partial charge in [-0.2, -0.15) is 0 Å². The van der Waals surface area contributed by atoms with E-state index in [2.05, 4.69) is 0 Å². The average Bonchev–Trinajstić information content (AvgIpc) is 2.30. The van der Waals surface area contributed by atoms with Gasteiger partial charge in [0.2, 0.25) is 5.91 Å². The van der Waals surface area contributed by atoms with Crippen LogP contribution in [-0.4, -0.2) is 30.5 Å². The van der Waals surface area contributed by atoms with Gasteiger partial charge in [-0.25, -0.2) is 4.39 Å². The van der Waals surface area contributed by atoms with Gasteiger partial charge in [-0.15, -0.1) is 0 Å². The molecular weight excluding hydrogens is 209 g/mol. The number of rotatable bonds is 1. The van der Waals surface area contributed by atoms with E-state index >= 15 is 0 Å².